The number of fused-ring (bicyclic) bond motifs is 2. The van der Waals surface area contributed by atoms with E-state index in [-0.39, 0.29) is 11.5 Å². The molecule has 0 saturated carbocycles. The molecule has 44 heavy (non-hydrogen) atoms. The fourth-order valence-electron chi connectivity index (χ4n) is 5.73. The summed E-state index contributed by atoms with van der Waals surface area (Å²) >= 11 is 7.45. The molecule has 1 amide bonds. The molecule has 0 saturated heterocycles. The summed E-state index contributed by atoms with van der Waals surface area (Å²) in [7, 11) is 0. The van der Waals surface area contributed by atoms with Crippen LogP contribution in [0.25, 0.3) is 17.0 Å². The molecule has 0 radical (unpaired) electrons. The molecule has 0 unspecified atom stereocenters. The third kappa shape index (κ3) is 5.21. The normalized spacial score (nSPS) is 14.9. The van der Waals surface area contributed by atoms with Crippen molar-refractivity contribution < 1.29 is 4.79 Å². The van der Waals surface area contributed by atoms with E-state index in [4.69, 9.17) is 16.6 Å². The summed E-state index contributed by atoms with van der Waals surface area (Å²) in [4.78, 5) is 33.3. The van der Waals surface area contributed by atoms with Gasteiger partial charge in [-0.3, -0.25) is 14.2 Å². The molecule has 0 aliphatic carbocycles. The van der Waals surface area contributed by atoms with E-state index < -0.39 is 6.04 Å². The molecule has 8 heteroatoms. The summed E-state index contributed by atoms with van der Waals surface area (Å²) in [5, 5.41) is 4.75. The standard InChI is InChI=1S/C36H27ClN4O2S/c1-23-32(34(42)39-28-12-6-3-7-13-28)33(25-10-4-2-5-11-25)41-35(43)31(44-36(41)38-23)20-26-22-40(30-15-9-8-14-29(26)30)21-24-16-18-27(37)19-17-24/h2-20,22,33H,21H2,1H3,(H,39,42)/b31-20-/t33-/m0/s1. The molecule has 6 aromatic rings. The number of benzene rings is 4. The number of nitrogens with zero attached hydrogens (tertiary/aromatic N) is 3. The van der Waals surface area contributed by atoms with Crippen molar-refractivity contribution >= 4 is 51.5 Å². The van der Waals surface area contributed by atoms with Crippen molar-refractivity contribution in [2.24, 2.45) is 4.99 Å². The average Bonchev–Trinajstić information content (AvgIpc) is 3.54. The molecule has 1 aliphatic heterocycles. The highest BCUT2D eigenvalue weighted by atomic mass is 35.5. The maximum absolute atomic E-state index is 14.2. The number of anilines is 1. The smallest absolute Gasteiger partial charge is 0.271 e. The van der Waals surface area contributed by atoms with Crippen molar-refractivity contribution in [2.45, 2.75) is 19.5 Å². The lowest BCUT2D eigenvalue weighted by atomic mass is 9.95. The van der Waals surface area contributed by atoms with Gasteiger partial charge in [0, 0.05) is 39.9 Å². The molecular weight excluding hydrogens is 588 g/mol. The molecule has 0 bridgehead atoms. The zero-order valence-electron chi connectivity index (χ0n) is 23.8. The first-order valence-corrected chi connectivity index (χ1v) is 15.4. The van der Waals surface area contributed by atoms with E-state index in [0.29, 0.717) is 37.9 Å². The molecule has 216 valence electrons. The monoisotopic (exact) mass is 614 g/mol. The Bertz CT molecular complexity index is 2230. The van der Waals surface area contributed by atoms with Crippen molar-refractivity contribution in [2.75, 3.05) is 5.32 Å². The Morgan fingerprint density at radius 3 is 2.36 bits per heavy atom. The summed E-state index contributed by atoms with van der Waals surface area (Å²) in [5.74, 6) is -0.286. The van der Waals surface area contributed by atoms with Gasteiger partial charge in [-0.05, 0) is 54.5 Å². The van der Waals surface area contributed by atoms with Crippen LogP contribution in [0, 0.1) is 0 Å². The van der Waals surface area contributed by atoms with E-state index in [1.165, 1.54) is 11.3 Å². The first-order valence-electron chi connectivity index (χ1n) is 14.2. The Hall–Kier alpha value is -4.98. The first-order chi connectivity index (χ1) is 21.5. The maximum Gasteiger partial charge on any atom is 0.271 e. The highest BCUT2D eigenvalue weighted by molar-refractivity contribution is 7.07. The highest BCUT2D eigenvalue weighted by Crippen LogP contribution is 2.31. The van der Waals surface area contributed by atoms with Crippen LogP contribution >= 0.6 is 22.9 Å². The van der Waals surface area contributed by atoms with E-state index in [0.717, 1.165) is 27.6 Å². The van der Waals surface area contributed by atoms with Crippen LogP contribution in [-0.2, 0) is 11.3 Å². The number of rotatable bonds is 6. The number of thiazole rings is 1. The van der Waals surface area contributed by atoms with Gasteiger partial charge in [0.2, 0.25) is 0 Å². The van der Waals surface area contributed by atoms with Gasteiger partial charge in [-0.1, -0.05) is 102 Å². The number of hydrogen-bond donors (Lipinski definition) is 1. The van der Waals surface area contributed by atoms with Gasteiger partial charge < -0.3 is 9.88 Å². The predicted molar refractivity (Wildman–Crippen MR) is 178 cm³/mol. The van der Waals surface area contributed by atoms with Gasteiger partial charge >= 0.3 is 0 Å². The lowest BCUT2D eigenvalue weighted by Crippen LogP contribution is -2.40. The van der Waals surface area contributed by atoms with E-state index in [1.54, 1.807) is 4.57 Å². The van der Waals surface area contributed by atoms with E-state index in [9.17, 15) is 9.59 Å². The van der Waals surface area contributed by atoms with Crippen LogP contribution in [-0.4, -0.2) is 15.0 Å². The number of carbonyl (C=O) groups excluding carboxylic acids is 1. The van der Waals surface area contributed by atoms with Crippen molar-refractivity contribution in [1.29, 1.82) is 0 Å². The number of hydrogen-bond acceptors (Lipinski definition) is 4. The molecule has 2 aromatic heterocycles. The summed E-state index contributed by atoms with van der Waals surface area (Å²) in [6, 6.07) is 34.3. The molecule has 0 spiro atoms. The molecule has 7 rings (SSSR count). The number of carbonyl (C=O) groups is 1. The fourth-order valence-corrected chi connectivity index (χ4v) is 6.89. The first kappa shape index (κ1) is 27.8. The van der Waals surface area contributed by atoms with Crippen LogP contribution in [0.4, 0.5) is 5.69 Å². The fraction of sp³-hybridized carbons (Fsp3) is 0.0833. The molecular formula is C36H27ClN4O2S. The van der Waals surface area contributed by atoms with Gasteiger partial charge in [0.25, 0.3) is 11.5 Å². The second-order valence-electron chi connectivity index (χ2n) is 10.7. The third-order valence-corrected chi connectivity index (χ3v) is 9.02. The largest absolute Gasteiger partial charge is 0.342 e. The number of para-hydroxylation sites is 2. The Morgan fingerprint density at radius 2 is 1.61 bits per heavy atom. The summed E-state index contributed by atoms with van der Waals surface area (Å²) < 4.78 is 4.40. The SMILES string of the molecule is CC1=C(C(=O)Nc2ccccc2)[C@H](c2ccccc2)n2c(s/c(=C\c3cn(Cc4ccc(Cl)cc4)c4ccccc34)c2=O)=N1. The topological polar surface area (TPSA) is 68.4 Å². The minimum Gasteiger partial charge on any atom is -0.342 e. The summed E-state index contributed by atoms with van der Waals surface area (Å²) in [6.07, 6.45) is 4.02. The van der Waals surface area contributed by atoms with Crippen LogP contribution < -0.4 is 20.2 Å². The van der Waals surface area contributed by atoms with Gasteiger partial charge in [0.1, 0.15) is 0 Å². The van der Waals surface area contributed by atoms with Crippen LogP contribution in [0.15, 0.2) is 136 Å². The number of nitrogens with one attached hydrogen (secondary N) is 1. The van der Waals surface area contributed by atoms with Crippen molar-refractivity contribution in [3.8, 4) is 0 Å². The maximum atomic E-state index is 14.2. The molecule has 0 fully saturated rings. The van der Waals surface area contributed by atoms with E-state index in [1.807, 2.05) is 110 Å². The number of halogens is 1. The lowest BCUT2D eigenvalue weighted by Gasteiger charge is -2.25. The van der Waals surface area contributed by atoms with Gasteiger partial charge in [-0.15, -0.1) is 0 Å². The zero-order valence-corrected chi connectivity index (χ0v) is 25.3. The van der Waals surface area contributed by atoms with Crippen LogP contribution in [0.2, 0.25) is 5.02 Å². The predicted octanol–water partition coefficient (Wildman–Crippen LogP) is 6.53. The minimum atomic E-state index is -0.621. The summed E-state index contributed by atoms with van der Waals surface area (Å²) in [6.45, 7) is 2.50. The molecule has 1 aliphatic rings. The highest BCUT2D eigenvalue weighted by Gasteiger charge is 2.32. The molecule has 1 N–H and O–H groups in total. The molecule has 3 heterocycles. The number of allylic oxidation sites excluding steroid dienone is 1. The van der Waals surface area contributed by atoms with Crippen molar-refractivity contribution in [3.63, 3.8) is 0 Å². The second-order valence-corrected chi connectivity index (χ2v) is 12.1. The number of aromatic nitrogens is 2. The van der Waals surface area contributed by atoms with Crippen LogP contribution in [0.3, 0.4) is 0 Å². The zero-order chi connectivity index (χ0) is 30.2. The Balaban J connectivity index is 1.35. The van der Waals surface area contributed by atoms with Crippen molar-refractivity contribution in [3.05, 3.63) is 168 Å². The average molecular weight is 615 g/mol. The van der Waals surface area contributed by atoms with Crippen LogP contribution in [0.5, 0.6) is 0 Å². The quantitative estimate of drug-likeness (QED) is 0.232. The number of amides is 1. The van der Waals surface area contributed by atoms with E-state index >= 15 is 0 Å². The van der Waals surface area contributed by atoms with Gasteiger partial charge in [0.05, 0.1) is 21.8 Å². The van der Waals surface area contributed by atoms with Gasteiger partial charge in [0.15, 0.2) is 4.80 Å². The Labute approximate surface area is 262 Å². The third-order valence-electron chi connectivity index (χ3n) is 7.79. The molecule has 1 atom stereocenters. The van der Waals surface area contributed by atoms with Crippen molar-refractivity contribution in [1.82, 2.24) is 9.13 Å². The molecule has 4 aromatic carbocycles. The lowest BCUT2D eigenvalue weighted by molar-refractivity contribution is -0.113. The second kappa shape index (κ2) is 11.6. The van der Waals surface area contributed by atoms with Gasteiger partial charge in [-0.2, -0.15) is 0 Å². The summed E-state index contributed by atoms with van der Waals surface area (Å²) in [5.41, 5.74) is 5.49. The van der Waals surface area contributed by atoms with Gasteiger partial charge in [-0.25, -0.2) is 4.99 Å². The molecule has 6 nitrogen and oxygen atoms in total. The Morgan fingerprint density at radius 1 is 0.932 bits per heavy atom. The Kier molecular flexibility index (Phi) is 7.34. The van der Waals surface area contributed by atoms with Crippen LogP contribution in [0.1, 0.15) is 29.7 Å². The minimum absolute atomic E-state index is 0.186. The van der Waals surface area contributed by atoms with E-state index in [2.05, 4.69) is 28.2 Å².